The highest BCUT2D eigenvalue weighted by Gasteiger charge is 2.49. The Bertz CT molecular complexity index is 914. The third kappa shape index (κ3) is 4.08. The smallest absolute Gasteiger partial charge is 0.185 e. The molecule has 1 saturated heterocycles. The van der Waals surface area contributed by atoms with Gasteiger partial charge in [-0.3, -0.25) is 0 Å². The Labute approximate surface area is 171 Å². The molecule has 4 nitrogen and oxygen atoms in total. The van der Waals surface area contributed by atoms with Crippen LogP contribution in [0.5, 0.6) is 5.75 Å². The first-order chi connectivity index (χ1) is 13.6. The molecule has 2 aromatic rings. The van der Waals surface area contributed by atoms with E-state index >= 15 is 0 Å². The van der Waals surface area contributed by atoms with Gasteiger partial charge in [-0.05, 0) is 57.9 Å². The number of halogens is 1. The minimum atomic E-state index is -0.500. The van der Waals surface area contributed by atoms with Crippen LogP contribution in [-0.2, 0) is 16.1 Å². The molecule has 0 atom stereocenters. The maximum absolute atomic E-state index is 15.0. The van der Waals surface area contributed by atoms with Gasteiger partial charge in [0.25, 0.3) is 0 Å². The summed E-state index contributed by atoms with van der Waals surface area (Å²) in [6, 6.07) is 10.6. The highest BCUT2D eigenvalue weighted by atomic mass is 19.1. The van der Waals surface area contributed by atoms with Gasteiger partial charge in [0, 0.05) is 16.7 Å². The number of hydrogen-bond donors (Lipinski definition) is 1. The fourth-order valence-corrected chi connectivity index (χ4v) is 3.30. The Morgan fingerprint density at radius 3 is 2.38 bits per heavy atom. The fraction of sp³-hybridized carbons (Fsp3) is 0.417. The van der Waals surface area contributed by atoms with E-state index in [0.29, 0.717) is 16.9 Å². The fourth-order valence-electron chi connectivity index (χ4n) is 3.30. The van der Waals surface area contributed by atoms with Crippen LogP contribution in [0.2, 0.25) is 0 Å². The van der Waals surface area contributed by atoms with Crippen molar-refractivity contribution in [3.8, 4) is 5.75 Å². The molecule has 1 aliphatic rings. The number of aliphatic hydroxyl groups excluding tert-OH is 1. The van der Waals surface area contributed by atoms with Crippen molar-refractivity contribution in [2.45, 2.75) is 58.7 Å². The van der Waals surface area contributed by atoms with Gasteiger partial charge in [-0.2, -0.15) is 0 Å². The van der Waals surface area contributed by atoms with E-state index in [1.54, 1.807) is 18.2 Å². The van der Waals surface area contributed by atoms with Crippen molar-refractivity contribution >= 4 is 11.9 Å². The van der Waals surface area contributed by atoms with E-state index in [4.69, 9.17) is 14.2 Å². The Hall–Kier alpha value is -2.21. The van der Waals surface area contributed by atoms with Gasteiger partial charge in [-0.25, -0.2) is 4.39 Å². The Kier molecular flexibility index (Phi) is 5.86. The van der Waals surface area contributed by atoms with E-state index in [1.165, 1.54) is 13.2 Å². The zero-order valence-corrected chi connectivity index (χ0v) is 17.9. The molecule has 0 bridgehead atoms. The lowest BCUT2D eigenvalue weighted by Gasteiger charge is -2.30. The summed E-state index contributed by atoms with van der Waals surface area (Å²) in [5, 5.41) is 9.35. The Balaban J connectivity index is 1.94. The molecular formula is C24H29FO4. The van der Waals surface area contributed by atoms with Crippen molar-refractivity contribution in [1.29, 1.82) is 0 Å². The lowest BCUT2D eigenvalue weighted by Crippen LogP contribution is -2.41. The first-order valence-corrected chi connectivity index (χ1v) is 9.70. The molecule has 0 aromatic heterocycles. The van der Waals surface area contributed by atoms with Gasteiger partial charge in [0.15, 0.2) is 6.29 Å². The van der Waals surface area contributed by atoms with Gasteiger partial charge in [0.05, 0.1) is 24.9 Å². The van der Waals surface area contributed by atoms with Crippen LogP contribution in [0.25, 0.3) is 11.9 Å². The van der Waals surface area contributed by atoms with Crippen molar-refractivity contribution in [2.24, 2.45) is 0 Å². The number of aliphatic hydroxyl groups is 1. The zero-order chi connectivity index (χ0) is 21.4. The molecule has 29 heavy (non-hydrogen) atoms. The van der Waals surface area contributed by atoms with E-state index in [9.17, 15) is 9.50 Å². The molecule has 5 heteroatoms. The van der Waals surface area contributed by atoms with Crippen LogP contribution >= 0.6 is 0 Å². The second-order valence-electron chi connectivity index (χ2n) is 8.33. The van der Waals surface area contributed by atoms with Crippen LogP contribution in [0.1, 0.15) is 61.8 Å². The molecule has 2 aromatic carbocycles. The van der Waals surface area contributed by atoms with Crippen LogP contribution in [-0.4, -0.2) is 23.4 Å². The van der Waals surface area contributed by atoms with Gasteiger partial charge in [-0.1, -0.05) is 30.3 Å². The summed E-state index contributed by atoms with van der Waals surface area (Å²) in [4.78, 5) is 0. The second kappa shape index (κ2) is 7.90. The van der Waals surface area contributed by atoms with Gasteiger partial charge >= 0.3 is 0 Å². The van der Waals surface area contributed by atoms with Crippen molar-refractivity contribution < 1.29 is 23.7 Å². The monoisotopic (exact) mass is 400 g/mol. The standard InChI is InChI=1S/C24H29FO4/c1-15-16(12-20(25)17-10-11-18(14-26)21(13-17)27-6)8-7-9-19(15)22-28-23(2,3)24(4,5)29-22/h7-13,22,26H,14H2,1-6H3/b20-12-. The molecule has 0 saturated carbocycles. The average Bonchev–Trinajstić information content (AvgIpc) is 2.89. The molecular weight excluding hydrogens is 371 g/mol. The molecule has 1 N–H and O–H groups in total. The molecule has 0 amide bonds. The van der Waals surface area contributed by atoms with Crippen LogP contribution in [0.4, 0.5) is 4.39 Å². The second-order valence-corrected chi connectivity index (χ2v) is 8.33. The van der Waals surface area contributed by atoms with Crippen molar-refractivity contribution in [3.05, 3.63) is 64.2 Å². The summed E-state index contributed by atoms with van der Waals surface area (Å²) in [6.45, 7) is 9.81. The SMILES string of the molecule is COc1cc(/C(F)=C/c2cccc(C3OC(C)(C)C(C)(C)O3)c2C)ccc1CO. The van der Waals surface area contributed by atoms with Gasteiger partial charge in [0.1, 0.15) is 11.6 Å². The van der Waals surface area contributed by atoms with Crippen LogP contribution in [0.15, 0.2) is 36.4 Å². The number of rotatable bonds is 5. The van der Waals surface area contributed by atoms with Gasteiger partial charge in [0.2, 0.25) is 0 Å². The van der Waals surface area contributed by atoms with E-state index in [2.05, 4.69) is 0 Å². The molecule has 156 valence electrons. The molecule has 0 radical (unpaired) electrons. The maximum Gasteiger partial charge on any atom is 0.185 e. The Morgan fingerprint density at radius 2 is 1.79 bits per heavy atom. The summed E-state index contributed by atoms with van der Waals surface area (Å²) in [6.07, 6.45) is 0.998. The highest BCUT2D eigenvalue weighted by molar-refractivity contribution is 5.78. The minimum Gasteiger partial charge on any atom is -0.496 e. The number of hydrogen-bond acceptors (Lipinski definition) is 4. The molecule has 1 heterocycles. The van der Waals surface area contributed by atoms with Gasteiger partial charge in [-0.15, -0.1) is 0 Å². The number of benzene rings is 2. The van der Waals surface area contributed by atoms with Crippen molar-refractivity contribution in [2.75, 3.05) is 7.11 Å². The lowest BCUT2D eigenvalue weighted by molar-refractivity contribution is -0.0899. The van der Waals surface area contributed by atoms with Crippen LogP contribution < -0.4 is 4.74 Å². The summed E-state index contributed by atoms with van der Waals surface area (Å²) < 4.78 is 32.5. The molecule has 0 unspecified atom stereocenters. The van der Waals surface area contributed by atoms with Crippen molar-refractivity contribution in [3.63, 3.8) is 0 Å². The van der Waals surface area contributed by atoms with Crippen LogP contribution in [0.3, 0.4) is 0 Å². The van der Waals surface area contributed by atoms with E-state index in [1.807, 2.05) is 52.8 Å². The minimum absolute atomic E-state index is 0.163. The molecule has 1 fully saturated rings. The first kappa shape index (κ1) is 21.5. The average molecular weight is 400 g/mol. The largest absolute Gasteiger partial charge is 0.496 e. The quantitative estimate of drug-likeness (QED) is 0.667. The lowest BCUT2D eigenvalue weighted by atomic mass is 9.90. The van der Waals surface area contributed by atoms with E-state index < -0.39 is 17.5 Å². The predicted octanol–water partition coefficient (Wildman–Crippen LogP) is 5.57. The predicted molar refractivity (Wildman–Crippen MR) is 112 cm³/mol. The zero-order valence-electron chi connectivity index (χ0n) is 17.9. The topological polar surface area (TPSA) is 47.9 Å². The maximum atomic E-state index is 15.0. The molecule has 0 spiro atoms. The normalized spacial score (nSPS) is 18.8. The third-order valence-corrected chi connectivity index (χ3v) is 5.94. The first-order valence-electron chi connectivity index (χ1n) is 9.70. The summed E-state index contributed by atoms with van der Waals surface area (Å²) in [5.41, 5.74) is 2.67. The third-order valence-electron chi connectivity index (χ3n) is 5.94. The van der Waals surface area contributed by atoms with E-state index in [0.717, 1.165) is 16.7 Å². The molecule has 3 rings (SSSR count). The summed E-state index contributed by atoms with van der Waals surface area (Å²) in [5.74, 6) is 0.0678. The number of methoxy groups -OCH3 is 1. The molecule has 1 aliphatic heterocycles. The number of ether oxygens (including phenoxy) is 3. The van der Waals surface area contributed by atoms with Crippen LogP contribution in [0, 0.1) is 6.92 Å². The van der Waals surface area contributed by atoms with Gasteiger partial charge < -0.3 is 19.3 Å². The highest BCUT2D eigenvalue weighted by Crippen LogP contribution is 2.45. The van der Waals surface area contributed by atoms with E-state index in [-0.39, 0.29) is 12.4 Å². The molecule has 0 aliphatic carbocycles. The summed E-state index contributed by atoms with van der Waals surface area (Å²) >= 11 is 0. The Morgan fingerprint density at radius 1 is 1.14 bits per heavy atom. The summed E-state index contributed by atoms with van der Waals surface area (Å²) in [7, 11) is 1.50. The van der Waals surface area contributed by atoms with Crippen molar-refractivity contribution in [1.82, 2.24) is 0 Å².